The van der Waals surface area contributed by atoms with Crippen LogP contribution in [-0.4, -0.2) is 52.1 Å². The molecule has 6 nitrogen and oxygen atoms in total. The van der Waals surface area contributed by atoms with Gasteiger partial charge < -0.3 is 15.3 Å². The van der Waals surface area contributed by atoms with Crippen molar-refractivity contribution in [2.24, 2.45) is 11.3 Å². The first-order valence-electron chi connectivity index (χ1n) is 7.64. The zero-order valence-corrected chi connectivity index (χ0v) is 12.4. The van der Waals surface area contributed by atoms with E-state index in [1.807, 2.05) is 11.8 Å². The van der Waals surface area contributed by atoms with Gasteiger partial charge in [0.2, 0.25) is 5.95 Å². The molecular weight excluding hydrogens is 268 g/mol. The average Bonchev–Trinajstić information content (AvgIpc) is 3.05. The zero-order valence-electron chi connectivity index (χ0n) is 12.4. The van der Waals surface area contributed by atoms with Crippen molar-refractivity contribution in [2.75, 3.05) is 31.6 Å². The Kier molecular flexibility index (Phi) is 3.80. The molecule has 1 amide bonds. The number of nitrogens with one attached hydrogen (secondary N) is 1. The van der Waals surface area contributed by atoms with Crippen molar-refractivity contribution in [3.05, 3.63) is 18.0 Å². The number of fused-ring (bicyclic) bond motifs is 1. The summed E-state index contributed by atoms with van der Waals surface area (Å²) in [6.07, 6.45) is 6.45. The molecule has 3 rings (SSSR count). The van der Waals surface area contributed by atoms with Gasteiger partial charge in [-0.25, -0.2) is 9.97 Å². The van der Waals surface area contributed by atoms with Crippen LogP contribution in [0.4, 0.5) is 5.95 Å². The summed E-state index contributed by atoms with van der Waals surface area (Å²) < 4.78 is 0. The molecule has 6 heteroatoms. The van der Waals surface area contributed by atoms with Crippen molar-refractivity contribution >= 4 is 11.9 Å². The van der Waals surface area contributed by atoms with Crippen molar-refractivity contribution in [1.82, 2.24) is 14.9 Å². The highest BCUT2D eigenvalue weighted by Crippen LogP contribution is 2.48. The molecule has 21 heavy (non-hydrogen) atoms. The summed E-state index contributed by atoms with van der Waals surface area (Å²) in [6, 6.07) is 0. The molecule has 2 aliphatic rings. The topological polar surface area (TPSA) is 78.4 Å². The van der Waals surface area contributed by atoms with Crippen LogP contribution in [0, 0.1) is 11.3 Å². The summed E-state index contributed by atoms with van der Waals surface area (Å²) in [5, 5.41) is 12.7. The minimum Gasteiger partial charge on any atom is -0.396 e. The molecule has 2 fully saturated rings. The standard InChI is InChI=1S/C15H22N4O2/c1-2-16-14-17-6-11(7-18-14)13(21)19-8-12-4-3-5-15(12,9-19)10-20/h6-7,12,20H,2-5,8-10H2,1H3,(H,16,17,18)/t12-,15+/m1/s1. The van der Waals surface area contributed by atoms with Gasteiger partial charge in [0.25, 0.3) is 5.91 Å². The zero-order chi connectivity index (χ0) is 14.9. The van der Waals surface area contributed by atoms with Crippen molar-refractivity contribution in [1.29, 1.82) is 0 Å². The maximum Gasteiger partial charge on any atom is 0.257 e. The fraction of sp³-hybridized carbons (Fsp3) is 0.667. The molecule has 1 saturated heterocycles. The van der Waals surface area contributed by atoms with Crippen LogP contribution in [0.2, 0.25) is 0 Å². The van der Waals surface area contributed by atoms with Gasteiger partial charge in [-0.1, -0.05) is 6.42 Å². The van der Waals surface area contributed by atoms with E-state index in [1.165, 1.54) is 0 Å². The number of hydrogen-bond acceptors (Lipinski definition) is 5. The molecule has 0 aromatic carbocycles. The number of hydrogen-bond donors (Lipinski definition) is 2. The molecule has 0 bridgehead atoms. The second-order valence-electron chi connectivity index (χ2n) is 6.12. The summed E-state index contributed by atoms with van der Waals surface area (Å²) in [5.41, 5.74) is 0.449. The van der Waals surface area contributed by atoms with Crippen molar-refractivity contribution in [3.8, 4) is 0 Å². The highest BCUT2D eigenvalue weighted by atomic mass is 16.3. The summed E-state index contributed by atoms with van der Waals surface area (Å²) in [7, 11) is 0. The van der Waals surface area contributed by atoms with E-state index in [0.717, 1.165) is 32.4 Å². The third-order valence-electron chi connectivity index (χ3n) is 4.88. The largest absolute Gasteiger partial charge is 0.396 e. The molecule has 2 N–H and O–H groups in total. The van der Waals surface area contributed by atoms with Gasteiger partial charge in [-0.15, -0.1) is 0 Å². The van der Waals surface area contributed by atoms with Gasteiger partial charge in [-0.3, -0.25) is 4.79 Å². The van der Waals surface area contributed by atoms with E-state index in [1.54, 1.807) is 12.4 Å². The molecule has 1 aliphatic heterocycles. The van der Waals surface area contributed by atoms with Gasteiger partial charge >= 0.3 is 0 Å². The molecule has 1 saturated carbocycles. The molecule has 0 unspecified atom stereocenters. The van der Waals surface area contributed by atoms with E-state index in [0.29, 0.717) is 24.0 Å². The first-order valence-corrected chi connectivity index (χ1v) is 7.64. The Hall–Kier alpha value is -1.69. The van der Waals surface area contributed by atoms with E-state index in [4.69, 9.17) is 0 Å². The monoisotopic (exact) mass is 290 g/mol. The van der Waals surface area contributed by atoms with Gasteiger partial charge in [0.05, 0.1) is 12.2 Å². The first kappa shape index (κ1) is 14.3. The van der Waals surface area contributed by atoms with Crippen LogP contribution in [0.5, 0.6) is 0 Å². The summed E-state index contributed by atoms with van der Waals surface area (Å²) >= 11 is 0. The number of aliphatic hydroxyl groups excluding tert-OH is 1. The number of amides is 1. The van der Waals surface area contributed by atoms with Crippen LogP contribution in [0.1, 0.15) is 36.5 Å². The second-order valence-corrected chi connectivity index (χ2v) is 6.12. The third kappa shape index (κ3) is 2.48. The summed E-state index contributed by atoms with van der Waals surface area (Å²) in [6.45, 7) is 4.30. The van der Waals surface area contributed by atoms with Crippen LogP contribution in [0.25, 0.3) is 0 Å². The van der Waals surface area contributed by atoms with E-state index >= 15 is 0 Å². The lowest BCUT2D eigenvalue weighted by Crippen LogP contribution is -2.34. The lowest BCUT2D eigenvalue weighted by atomic mass is 9.82. The van der Waals surface area contributed by atoms with Crippen molar-refractivity contribution < 1.29 is 9.90 Å². The minimum atomic E-state index is -0.0692. The molecule has 1 aromatic rings. The highest BCUT2D eigenvalue weighted by Gasteiger charge is 2.50. The van der Waals surface area contributed by atoms with Crippen LogP contribution in [0.15, 0.2) is 12.4 Å². The number of anilines is 1. The molecular formula is C15H22N4O2. The minimum absolute atomic E-state index is 0.0275. The molecule has 114 valence electrons. The molecule has 0 spiro atoms. The third-order valence-corrected chi connectivity index (χ3v) is 4.88. The van der Waals surface area contributed by atoms with Crippen molar-refractivity contribution in [2.45, 2.75) is 26.2 Å². The predicted molar refractivity (Wildman–Crippen MR) is 79.0 cm³/mol. The van der Waals surface area contributed by atoms with Gasteiger partial charge in [-0.05, 0) is 25.7 Å². The number of aromatic nitrogens is 2. The van der Waals surface area contributed by atoms with E-state index in [2.05, 4.69) is 15.3 Å². The number of rotatable bonds is 4. The van der Waals surface area contributed by atoms with Gasteiger partial charge in [-0.2, -0.15) is 0 Å². The summed E-state index contributed by atoms with van der Waals surface area (Å²) in [5.74, 6) is 0.952. The lowest BCUT2D eigenvalue weighted by Gasteiger charge is -2.25. The molecule has 0 radical (unpaired) electrons. The average molecular weight is 290 g/mol. The van der Waals surface area contributed by atoms with Crippen LogP contribution in [-0.2, 0) is 0 Å². The molecule has 1 aromatic heterocycles. The van der Waals surface area contributed by atoms with Crippen molar-refractivity contribution in [3.63, 3.8) is 0 Å². The Bertz CT molecular complexity index is 519. The van der Waals surface area contributed by atoms with Crippen LogP contribution in [0.3, 0.4) is 0 Å². The Morgan fingerprint density at radius 2 is 2.29 bits per heavy atom. The Morgan fingerprint density at radius 1 is 1.52 bits per heavy atom. The SMILES string of the molecule is CCNc1ncc(C(=O)N2C[C@H]3CCC[C@@]3(CO)C2)cn1. The predicted octanol–water partition coefficient (Wildman–Crippen LogP) is 1.14. The van der Waals surface area contributed by atoms with Crippen LogP contribution < -0.4 is 5.32 Å². The highest BCUT2D eigenvalue weighted by molar-refractivity contribution is 5.94. The van der Waals surface area contributed by atoms with Gasteiger partial charge in [0.1, 0.15) is 0 Å². The Labute approximate surface area is 124 Å². The summed E-state index contributed by atoms with van der Waals surface area (Å²) in [4.78, 5) is 22.7. The van der Waals surface area contributed by atoms with E-state index < -0.39 is 0 Å². The Morgan fingerprint density at radius 3 is 2.90 bits per heavy atom. The fourth-order valence-corrected chi connectivity index (χ4v) is 3.70. The number of likely N-dealkylation sites (tertiary alicyclic amines) is 1. The number of nitrogens with zero attached hydrogens (tertiary/aromatic N) is 3. The number of carbonyl (C=O) groups excluding carboxylic acids is 1. The Balaban J connectivity index is 1.71. The van der Waals surface area contributed by atoms with E-state index in [9.17, 15) is 9.90 Å². The lowest BCUT2D eigenvalue weighted by molar-refractivity contribution is 0.0733. The maximum absolute atomic E-state index is 12.5. The molecule has 2 atom stereocenters. The number of aliphatic hydroxyl groups is 1. The smallest absolute Gasteiger partial charge is 0.257 e. The normalized spacial score (nSPS) is 27.7. The van der Waals surface area contributed by atoms with Crippen LogP contribution >= 0.6 is 0 Å². The first-order chi connectivity index (χ1) is 10.2. The molecule has 1 aliphatic carbocycles. The quantitative estimate of drug-likeness (QED) is 0.869. The van der Waals surface area contributed by atoms with E-state index in [-0.39, 0.29) is 17.9 Å². The van der Waals surface area contributed by atoms with Gasteiger partial charge in [0, 0.05) is 37.4 Å². The van der Waals surface area contributed by atoms with Gasteiger partial charge in [0.15, 0.2) is 0 Å². The second kappa shape index (κ2) is 5.60. The maximum atomic E-state index is 12.5. The molecule has 2 heterocycles. The fourth-order valence-electron chi connectivity index (χ4n) is 3.70. The number of carbonyl (C=O) groups is 1.